The molecule has 0 spiro atoms. The first-order valence-corrected chi connectivity index (χ1v) is 8.76. The Morgan fingerprint density at radius 2 is 1.58 bits per heavy atom. The molecular weight excluding hydrogens is 318 g/mol. The van der Waals surface area contributed by atoms with E-state index >= 15 is 0 Å². The van der Waals surface area contributed by atoms with Crippen molar-refractivity contribution < 1.29 is 0 Å². The molecule has 2 heterocycles. The molecule has 3 nitrogen and oxygen atoms in total. The van der Waals surface area contributed by atoms with Gasteiger partial charge in [-0.25, -0.2) is 4.98 Å². The molecular formula is C20H20ClN3. The lowest BCUT2D eigenvalue weighted by molar-refractivity contribution is 0.875. The lowest BCUT2D eigenvalue weighted by Gasteiger charge is -2.18. The standard InChI is InChI=1S/C20H20ClN3/c1-15-4-10-18(11-5-15)24-14-19(16-6-8-17(21)9-7-16)22-20(24)23-12-2-3-13-23/h4-11,14H,2-3,12-13H2,1H3. The van der Waals surface area contributed by atoms with E-state index in [1.54, 1.807) is 0 Å². The van der Waals surface area contributed by atoms with Crippen LogP contribution in [0.15, 0.2) is 54.7 Å². The summed E-state index contributed by atoms with van der Waals surface area (Å²) in [5, 5.41) is 0.747. The van der Waals surface area contributed by atoms with Crippen LogP contribution in [0.5, 0.6) is 0 Å². The van der Waals surface area contributed by atoms with Crippen LogP contribution in [0.25, 0.3) is 16.9 Å². The molecule has 0 aliphatic carbocycles. The zero-order chi connectivity index (χ0) is 16.5. The van der Waals surface area contributed by atoms with Crippen LogP contribution in [0.4, 0.5) is 5.95 Å². The molecule has 0 atom stereocenters. The highest BCUT2D eigenvalue weighted by Gasteiger charge is 2.20. The number of halogens is 1. The smallest absolute Gasteiger partial charge is 0.210 e. The molecule has 122 valence electrons. The van der Waals surface area contributed by atoms with Crippen molar-refractivity contribution in [2.45, 2.75) is 19.8 Å². The second-order valence-corrected chi connectivity index (χ2v) is 6.77. The molecule has 3 aromatic rings. The van der Waals surface area contributed by atoms with Crippen LogP contribution < -0.4 is 4.90 Å². The Kier molecular flexibility index (Phi) is 4.03. The van der Waals surface area contributed by atoms with E-state index in [0.717, 1.165) is 41.0 Å². The van der Waals surface area contributed by atoms with E-state index in [9.17, 15) is 0 Å². The van der Waals surface area contributed by atoms with Gasteiger partial charge in [0, 0.05) is 35.6 Å². The van der Waals surface area contributed by atoms with Crippen LogP contribution in [0.3, 0.4) is 0 Å². The Hall–Kier alpha value is -2.26. The monoisotopic (exact) mass is 337 g/mol. The molecule has 0 bridgehead atoms. The number of benzene rings is 2. The number of rotatable bonds is 3. The average molecular weight is 338 g/mol. The van der Waals surface area contributed by atoms with Crippen molar-refractivity contribution in [1.29, 1.82) is 0 Å². The summed E-state index contributed by atoms with van der Waals surface area (Å²) >= 11 is 6.02. The zero-order valence-corrected chi connectivity index (χ0v) is 14.5. The molecule has 0 N–H and O–H groups in total. The molecule has 1 aromatic heterocycles. The fraction of sp³-hybridized carbons (Fsp3) is 0.250. The normalized spacial score (nSPS) is 14.3. The maximum atomic E-state index is 6.02. The lowest BCUT2D eigenvalue weighted by Crippen LogP contribution is -2.21. The summed E-state index contributed by atoms with van der Waals surface area (Å²) in [5.74, 6) is 1.03. The molecule has 0 unspecified atom stereocenters. The summed E-state index contributed by atoms with van der Waals surface area (Å²) in [5.41, 5.74) is 4.48. The van der Waals surface area contributed by atoms with Crippen LogP contribution in [0.2, 0.25) is 5.02 Å². The molecule has 1 aliphatic heterocycles. The third-order valence-corrected chi connectivity index (χ3v) is 4.78. The van der Waals surface area contributed by atoms with Gasteiger partial charge in [-0.3, -0.25) is 4.57 Å². The van der Waals surface area contributed by atoms with E-state index in [1.807, 2.05) is 24.3 Å². The van der Waals surface area contributed by atoms with Gasteiger partial charge in [0.25, 0.3) is 0 Å². The molecule has 2 aromatic carbocycles. The van der Waals surface area contributed by atoms with Crippen molar-refractivity contribution in [3.05, 3.63) is 65.3 Å². The summed E-state index contributed by atoms with van der Waals surface area (Å²) in [4.78, 5) is 7.31. The van der Waals surface area contributed by atoms with Gasteiger partial charge in [-0.05, 0) is 44.0 Å². The van der Waals surface area contributed by atoms with Gasteiger partial charge in [0.2, 0.25) is 5.95 Å². The van der Waals surface area contributed by atoms with Gasteiger partial charge in [-0.15, -0.1) is 0 Å². The highest BCUT2D eigenvalue weighted by atomic mass is 35.5. The highest BCUT2D eigenvalue weighted by molar-refractivity contribution is 6.30. The Morgan fingerprint density at radius 1 is 0.917 bits per heavy atom. The zero-order valence-electron chi connectivity index (χ0n) is 13.7. The van der Waals surface area contributed by atoms with Crippen molar-refractivity contribution in [1.82, 2.24) is 9.55 Å². The number of nitrogens with zero attached hydrogens (tertiary/aromatic N) is 3. The first-order valence-electron chi connectivity index (χ1n) is 8.38. The van der Waals surface area contributed by atoms with Gasteiger partial charge in [0.05, 0.1) is 5.69 Å². The van der Waals surface area contributed by atoms with E-state index in [4.69, 9.17) is 16.6 Å². The SMILES string of the molecule is Cc1ccc(-n2cc(-c3ccc(Cl)cc3)nc2N2CCCC2)cc1. The van der Waals surface area contributed by atoms with Crippen LogP contribution in [-0.4, -0.2) is 22.6 Å². The summed E-state index contributed by atoms with van der Waals surface area (Å²) in [6.07, 6.45) is 4.59. The quantitative estimate of drug-likeness (QED) is 0.663. The summed E-state index contributed by atoms with van der Waals surface area (Å²) in [6, 6.07) is 16.5. The molecule has 0 radical (unpaired) electrons. The minimum absolute atomic E-state index is 0.747. The molecule has 4 rings (SSSR count). The minimum atomic E-state index is 0.747. The van der Waals surface area contributed by atoms with Crippen molar-refractivity contribution in [2.24, 2.45) is 0 Å². The number of imidazole rings is 1. The van der Waals surface area contributed by atoms with Gasteiger partial charge in [0.1, 0.15) is 0 Å². The van der Waals surface area contributed by atoms with Crippen molar-refractivity contribution in [3.63, 3.8) is 0 Å². The van der Waals surface area contributed by atoms with Crippen LogP contribution in [0.1, 0.15) is 18.4 Å². The first kappa shape index (κ1) is 15.3. The predicted molar refractivity (Wildman–Crippen MR) is 100 cm³/mol. The Bertz CT molecular complexity index is 828. The topological polar surface area (TPSA) is 21.1 Å². The second kappa shape index (κ2) is 6.33. The Balaban J connectivity index is 1.80. The van der Waals surface area contributed by atoms with E-state index in [-0.39, 0.29) is 0 Å². The number of hydrogen-bond donors (Lipinski definition) is 0. The van der Waals surface area contributed by atoms with Crippen LogP contribution >= 0.6 is 11.6 Å². The lowest BCUT2D eigenvalue weighted by atomic mass is 10.2. The molecule has 24 heavy (non-hydrogen) atoms. The number of aromatic nitrogens is 2. The van der Waals surface area contributed by atoms with Crippen LogP contribution in [0, 0.1) is 6.92 Å². The maximum Gasteiger partial charge on any atom is 0.210 e. The molecule has 1 aliphatic rings. The van der Waals surface area contributed by atoms with Crippen molar-refractivity contribution in [2.75, 3.05) is 18.0 Å². The number of anilines is 1. The molecule has 1 saturated heterocycles. The minimum Gasteiger partial charge on any atom is -0.342 e. The van der Waals surface area contributed by atoms with E-state index < -0.39 is 0 Å². The van der Waals surface area contributed by atoms with Gasteiger partial charge < -0.3 is 4.90 Å². The van der Waals surface area contributed by atoms with Gasteiger partial charge in [-0.1, -0.05) is 41.4 Å². The number of hydrogen-bond acceptors (Lipinski definition) is 2. The number of aryl methyl sites for hydroxylation is 1. The third kappa shape index (κ3) is 2.92. The summed E-state index contributed by atoms with van der Waals surface area (Å²) < 4.78 is 2.20. The van der Waals surface area contributed by atoms with E-state index in [0.29, 0.717) is 0 Å². The largest absolute Gasteiger partial charge is 0.342 e. The first-order chi connectivity index (χ1) is 11.7. The maximum absolute atomic E-state index is 6.02. The van der Waals surface area contributed by atoms with Crippen molar-refractivity contribution in [3.8, 4) is 16.9 Å². The van der Waals surface area contributed by atoms with Gasteiger partial charge >= 0.3 is 0 Å². The third-order valence-electron chi connectivity index (χ3n) is 4.53. The van der Waals surface area contributed by atoms with Gasteiger partial charge in [0.15, 0.2) is 0 Å². The summed E-state index contributed by atoms with van der Waals surface area (Å²) in [7, 11) is 0. The molecule has 1 fully saturated rings. The molecule has 0 saturated carbocycles. The predicted octanol–water partition coefficient (Wildman–Crippen LogP) is 5.10. The fourth-order valence-corrected chi connectivity index (χ4v) is 3.29. The molecule has 4 heteroatoms. The summed E-state index contributed by atoms with van der Waals surface area (Å²) in [6.45, 7) is 4.25. The van der Waals surface area contributed by atoms with Crippen molar-refractivity contribution >= 4 is 17.5 Å². The fourth-order valence-electron chi connectivity index (χ4n) is 3.17. The highest BCUT2D eigenvalue weighted by Crippen LogP contribution is 2.29. The van der Waals surface area contributed by atoms with Crippen LogP contribution in [-0.2, 0) is 0 Å². The van der Waals surface area contributed by atoms with E-state index in [2.05, 4.69) is 46.9 Å². The Labute approximate surface area is 147 Å². The average Bonchev–Trinajstić information content (AvgIpc) is 3.25. The van der Waals surface area contributed by atoms with Gasteiger partial charge in [-0.2, -0.15) is 0 Å². The Morgan fingerprint density at radius 3 is 2.25 bits per heavy atom. The molecule has 0 amide bonds. The second-order valence-electron chi connectivity index (χ2n) is 6.33. The van der Waals surface area contributed by atoms with E-state index in [1.165, 1.54) is 18.4 Å².